The van der Waals surface area contributed by atoms with Gasteiger partial charge < -0.3 is 21.1 Å². The summed E-state index contributed by atoms with van der Waals surface area (Å²) in [7, 11) is 0. The van der Waals surface area contributed by atoms with Crippen molar-refractivity contribution in [2.45, 2.75) is 45.2 Å². The number of anilines is 1. The molecule has 200 valence electrons. The highest BCUT2D eigenvalue weighted by atomic mass is 32.1. The maximum absolute atomic E-state index is 12.5. The number of carboxylic acid groups (broad SMARTS) is 1. The number of nitrogens with one attached hydrogen (secondary N) is 4. The second-order valence-electron chi connectivity index (χ2n) is 9.60. The fourth-order valence-corrected chi connectivity index (χ4v) is 4.22. The van der Waals surface area contributed by atoms with E-state index in [0.29, 0.717) is 12.1 Å². The monoisotopic (exact) mass is 537 g/mol. The maximum Gasteiger partial charge on any atom is 0.321 e. The number of amides is 4. The molecule has 0 saturated carbocycles. The van der Waals surface area contributed by atoms with Crippen molar-refractivity contribution in [3.8, 4) is 0 Å². The van der Waals surface area contributed by atoms with Crippen molar-refractivity contribution >= 4 is 40.3 Å². The molecule has 0 aliphatic rings. The highest BCUT2D eigenvalue weighted by molar-refractivity contribution is 7.17. The van der Waals surface area contributed by atoms with Crippen molar-refractivity contribution in [2.24, 2.45) is 0 Å². The fraction of sp³-hybridized carbons (Fsp3) is 0.296. The molecule has 2 aromatic carbocycles. The molecule has 38 heavy (non-hydrogen) atoms. The number of carbonyl (C=O) groups excluding carboxylic acids is 3. The Labute approximate surface area is 224 Å². The fourth-order valence-electron chi connectivity index (χ4n) is 3.49. The molecule has 3 rings (SSSR count). The zero-order valence-electron chi connectivity index (χ0n) is 21.4. The molecule has 1 heterocycles. The Balaban J connectivity index is 1.50. The third kappa shape index (κ3) is 8.70. The van der Waals surface area contributed by atoms with Crippen LogP contribution in [-0.4, -0.2) is 40.5 Å². The second kappa shape index (κ2) is 12.8. The van der Waals surface area contributed by atoms with Gasteiger partial charge >= 0.3 is 12.0 Å². The van der Waals surface area contributed by atoms with Crippen LogP contribution in [0.1, 0.15) is 59.6 Å². The number of hydrogen-bond donors (Lipinski definition) is 5. The molecule has 0 aliphatic carbocycles. The molecule has 3 aromatic rings. The molecule has 4 amide bonds. The first-order chi connectivity index (χ1) is 18.0. The van der Waals surface area contributed by atoms with Gasteiger partial charge in [0.2, 0.25) is 5.91 Å². The molecule has 0 spiro atoms. The van der Waals surface area contributed by atoms with Crippen LogP contribution < -0.4 is 21.3 Å². The highest BCUT2D eigenvalue weighted by Gasteiger charge is 2.21. The number of carbonyl (C=O) groups is 4. The Morgan fingerprint density at radius 3 is 2.29 bits per heavy atom. The van der Waals surface area contributed by atoms with E-state index < -0.39 is 29.9 Å². The molecule has 0 aliphatic heterocycles. The minimum absolute atomic E-state index is 0.0631. The number of aliphatic carboxylic acids is 1. The van der Waals surface area contributed by atoms with E-state index in [1.165, 1.54) is 6.20 Å². The van der Waals surface area contributed by atoms with Crippen molar-refractivity contribution in [2.75, 3.05) is 11.9 Å². The predicted octanol–water partition coefficient (Wildman–Crippen LogP) is 3.82. The quantitative estimate of drug-likeness (QED) is 0.265. The Morgan fingerprint density at radius 2 is 1.66 bits per heavy atom. The van der Waals surface area contributed by atoms with Gasteiger partial charge in [0.25, 0.3) is 5.91 Å². The Morgan fingerprint density at radius 1 is 0.974 bits per heavy atom. The number of benzene rings is 2. The lowest BCUT2D eigenvalue weighted by atomic mass is 9.86. The minimum atomic E-state index is -1.06. The first kappa shape index (κ1) is 28.3. The van der Waals surface area contributed by atoms with Gasteiger partial charge in [0.15, 0.2) is 5.13 Å². The van der Waals surface area contributed by atoms with Crippen molar-refractivity contribution in [3.63, 3.8) is 0 Å². The third-order valence-corrected chi connectivity index (χ3v) is 6.46. The number of rotatable bonds is 10. The van der Waals surface area contributed by atoms with Gasteiger partial charge in [-0.1, -0.05) is 86.7 Å². The average Bonchev–Trinajstić information content (AvgIpc) is 3.34. The predicted molar refractivity (Wildman–Crippen MR) is 145 cm³/mol. The molecule has 11 heteroatoms. The number of thiazole rings is 1. The number of hydrogen-bond acceptors (Lipinski definition) is 6. The largest absolute Gasteiger partial charge is 0.481 e. The van der Waals surface area contributed by atoms with Gasteiger partial charge in [-0.25, -0.2) is 9.78 Å². The van der Waals surface area contributed by atoms with E-state index in [9.17, 15) is 24.3 Å². The second-order valence-corrected chi connectivity index (χ2v) is 10.6. The van der Waals surface area contributed by atoms with Crippen LogP contribution in [0.25, 0.3) is 0 Å². The van der Waals surface area contributed by atoms with Gasteiger partial charge in [-0.15, -0.1) is 0 Å². The Bertz CT molecular complexity index is 1270. The zero-order valence-corrected chi connectivity index (χ0v) is 22.2. The lowest BCUT2D eigenvalue weighted by Gasteiger charge is -2.22. The summed E-state index contributed by atoms with van der Waals surface area (Å²) in [5, 5.41) is 20.0. The van der Waals surface area contributed by atoms with Crippen molar-refractivity contribution in [3.05, 3.63) is 82.4 Å². The molecular weight excluding hydrogens is 506 g/mol. The van der Waals surface area contributed by atoms with Crippen LogP contribution in [0.3, 0.4) is 0 Å². The molecule has 0 saturated heterocycles. The molecule has 0 radical (unpaired) electrons. The van der Waals surface area contributed by atoms with E-state index in [4.69, 9.17) is 0 Å². The highest BCUT2D eigenvalue weighted by Crippen LogP contribution is 2.25. The van der Waals surface area contributed by atoms with Gasteiger partial charge in [0, 0.05) is 6.54 Å². The molecule has 0 bridgehead atoms. The SMILES string of the molecule is CC(C)(C)c1ccc(C(CC(=O)O)NC(=O)CNC(=O)c2cnc(NC(=O)NCc3ccccc3)s2)cc1. The summed E-state index contributed by atoms with van der Waals surface area (Å²) < 4.78 is 0. The minimum Gasteiger partial charge on any atom is -0.481 e. The zero-order chi connectivity index (χ0) is 27.7. The molecular formula is C27H31N5O5S. The molecule has 1 unspecified atom stereocenters. The van der Waals surface area contributed by atoms with Crippen molar-refractivity contribution in [1.82, 2.24) is 20.9 Å². The Hall–Kier alpha value is -4.25. The Kier molecular flexibility index (Phi) is 9.55. The molecule has 10 nitrogen and oxygen atoms in total. The number of urea groups is 1. The number of aromatic nitrogens is 1. The van der Waals surface area contributed by atoms with Crippen LogP contribution >= 0.6 is 11.3 Å². The summed E-state index contributed by atoms with van der Waals surface area (Å²) in [6.45, 7) is 6.20. The van der Waals surface area contributed by atoms with Crippen LogP contribution in [-0.2, 0) is 21.5 Å². The van der Waals surface area contributed by atoms with Crippen LogP contribution in [0, 0.1) is 0 Å². The number of carboxylic acids is 1. The molecule has 1 atom stereocenters. The van der Waals surface area contributed by atoms with E-state index in [-0.39, 0.29) is 28.4 Å². The lowest BCUT2D eigenvalue weighted by Crippen LogP contribution is -2.39. The summed E-state index contributed by atoms with van der Waals surface area (Å²) in [4.78, 5) is 52.7. The van der Waals surface area contributed by atoms with E-state index in [2.05, 4.69) is 47.0 Å². The summed E-state index contributed by atoms with van der Waals surface area (Å²) in [5.74, 6) is -2.14. The topological polar surface area (TPSA) is 150 Å². The summed E-state index contributed by atoms with van der Waals surface area (Å²) in [6.07, 6.45) is 0.999. The van der Waals surface area contributed by atoms with Gasteiger partial charge in [0.1, 0.15) is 4.88 Å². The van der Waals surface area contributed by atoms with Crippen LogP contribution in [0.15, 0.2) is 60.8 Å². The molecule has 5 N–H and O–H groups in total. The first-order valence-electron chi connectivity index (χ1n) is 12.0. The van der Waals surface area contributed by atoms with Gasteiger partial charge in [0.05, 0.1) is 25.2 Å². The van der Waals surface area contributed by atoms with Crippen molar-refractivity contribution < 1.29 is 24.3 Å². The molecule has 1 aromatic heterocycles. The maximum atomic E-state index is 12.5. The smallest absolute Gasteiger partial charge is 0.321 e. The van der Waals surface area contributed by atoms with Gasteiger partial charge in [-0.3, -0.25) is 19.7 Å². The van der Waals surface area contributed by atoms with Crippen LogP contribution in [0.4, 0.5) is 9.93 Å². The first-order valence-corrected chi connectivity index (χ1v) is 12.8. The normalized spacial score (nSPS) is 11.8. The van der Waals surface area contributed by atoms with E-state index in [1.54, 1.807) is 12.1 Å². The van der Waals surface area contributed by atoms with Gasteiger partial charge in [-0.2, -0.15) is 0 Å². The average molecular weight is 538 g/mol. The van der Waals surface area contributed by atoms with Crippen LogP contribution in [0.2, 0.25) is 0 Å². The third-order valence-electron chi connectivity index (χ3n) is 5.55. The molecule has 0 fully saturated rings. The van der Waals surface area contributed by atoms with Crippen molar-refractivity contribution in [1.29, 1.82) is 0 Å². The lowest BCUT2D eigenvalue weighted by molar-refractivity contribution is -0.137. The van der Waals surface area contributed by atoms with Gasteiger partial charge in [-0.05, 0) is 22.1 Å². The van der Waals surface area contributed by atoms with E-state index >= 15 is 0 Å². The van der Waals surface area contributed by atoms with E-state index in [1.807, 2.05) is 42.5 Å². The number of nitrogens with zero attached hydrogens (tertiary/aromatic N) is 1. The summed E-state index contributed by atoms with van der Waals surface area (Å²) in [5.41, 5.74) is 2.62. The standard InChI is InChI=1S/C27H31N5O5S/c1-27(2,3)19-11-9-18(10-12-19)20(13-23(34)35)31-22(33)16-28-24(36)21-15-30-26(38-21)32-25(37)29-14-17-7-5-4-6-8-17/h4-12,15,20H,13-14,16H2,1-3H3,(H,28,36)(H,31,33)(H,34,35)(H2,29,30,32,37). The summed E-state index contributed by atoms with van der Waals surface area (Å²) in [6, 6.07) is 15.6. The summed E-state index contributed by atoms with van der Waals surface area (Å²) >= 11 is 0.961. The van der Waals surface area contributed by atoms with E-state index in [0.717, 1.165) is 22.5 Å². The van der Waals surface area contributed by atoms with Crippen LogP contribution in [0.5, 0.6) is 0 Å².